The highest BCUT2D eigenvalue weighted by atomic mass is 16.4. The topological polar surface area (TPSA) is 80.4 Å². The van der Waals surface area contributed by atoms with Gasteiger partial charge in [0.05, 0.1) is 0 Å². The Hall–Kier alpha value is -1.94. The van der Waals surface area contributed by atoms with Crippen LogP contribution in [0.15, 0.2) is 36.4 Å². The molecule has 0 bridgehead atoms. The summed E-state index contributed by atoms with van der Waals surface area (Å²) in [6.07, 6.45) is 12.1. The van der Waals surface area contributed by atoms with Gasteiger partial charge in [-0.2, -0.15) is 0 Å². The van der Waals surface area contributed by atoms with Crippen LogP contribution in [-0.2, 0) is 11.2 Å². The summed E-state index contributed by atoms with van der Waals surface area (Å²) in [4.78, 5) is 23.0. The highest BCUT2D eigenvalue weighted by molar-refractivity contribution is 6.04. The molecule has 4 heteroatoms. The number of hydrogen-bond acceptors (Lipinski definition) is 3. The van der Waals surface area contributed by atoms with Crippen molar-refractivity contribution >= 4 is 11.8 Å². The molecule has 0 fully saturated rings. The molecule has 3 N–H and O–H groups in total. The van der Waals surface area contributed by atoms with Gasteiger partial charge in [-0.05, 0) is 37.0 Å². The van der Waals surface area contributed by atoms with Gasteiger partial charge in [-0.25, -0.2) is 0 Å². The zero-order valence-electron chi connectivity index (χ0n) is 14.5. The maximum Gasteiger partial charge on any atom is 0.320 e. The molecule has 0 radical (unpaired) electrons. The molecule has 24 heavy (non-hydrogen) atoms. The van der Waals surface area contributed by atoms with Crippen molar-refractivity contribution in [1.29, 1.82) is 0 Å². The Morgan fingerprint density at radius 1 is 1.17 bits per heavy atom. The molecule has 0 aromatic heterocycles. The van der Waals surface area contributed by atoms with E-state index in [1.54, 1.807) is 30.3 Å². The summed E-state index contributed by atoms with van der Waals surface area (Å²) in [6, 6.07) is 6.07. The molecule has 0 aliphatic rings. The quantitative estimate of drug-likeness (QED) is 0.343. The van der Waals surface area contributed by atoms with E-state index in [9.17, 15) is 9.59 Å². The normalized spacial score (nSPS) is 12.4. The molecule has 0 saturated heterocycles. The van der Waals surface area contributed by atoms with Gasteiger partial charge >= 0.3 is 5.97 Å². The molecule has 1 rings (SSSR count). The molecule has 0 heterocycles. The third-order valence-corrected chi connectivity index (χ3v) is 3.98. The highest BCUT2D eigenvalue weighted by Crippen LogP contribution is 2.10. The van der Waals surface area contributed by atoms with Gasteiger partial charge in [0.1, 0.15) is 6.04 Å². The molecule has 0 amide bonds. The number of allylic oxidation sites excluding steroid dienone is 2. The summed E-state index contributed by atoms with van der Waals surface area (Å²) >= 11 is 0. The zero-order chi connectivity index (χ0) is 17.8. The van der Waals surface area contributed by atoms with Crippen LogP contribution in [0.25, 0.3) is 0 Å². The molecule has 132 valence electrons. The molecular formula is C20H29NO3. The molecule has 0 aliphatic carbocycles. The van der Waals surface area contributed by atoms with Crippen LogP contribution in [0.2, 0.25) is 0 Å². The number of carboxylic acids is 1. The Balaban J connectivity index is 2.41. The summed E-state index contributed by atoms with van der Waals surface area (Å²) < 4.78 is 0. The standard InChI is InChI=1S/C20H29NO3/c1-2-3-4-5-6-7-8-9-13-19(22)17-12-10-11-16(14-17)15-18(21)20(23)24/h9-14,18H,2-8,15,21H2,1H3,(H,23,24)/t18-/m0/s1. The van der Waals surface area contributed by atoms with Crippen LogP contribution in [0, 0.1) is 0 Å². The van der Waals surface area contributed by atoms with E-state index in [0.29, 0.717) is 5.56 Å². The van der Waals surface area contributed by atoms with Crippen molar-refractivity contribution in [2.75, 3.05) is 0 Å². The molecule has 1 aromatic rings. The largest absolute Gasteiger partial charge is 0.480 e. The Kier molecular flexibility index (Phi) is 9.70. The summed E-state index contributed by atoms with van der Waals surface area (Å²) in [6.45, 7) is 2.21. The fourth-order valence-corrected chi connectivity index (χ4v) is 2.52. The van der Waals surface area contributed by atoms with E-state index in [2.05, 4.69) is 6.92 Å². The third-order valence-electron chi connectivity index (χ3n) is 3.98. The van der Waals surface area contributed by atoms with Gasteiger partial charge in [-0.15, -0.1) is 0 Å². The number of carbonyl (C=O) groups excluding carboxylic acids is 1. The lowest BCUT2D eigenvalue weighted by Crippen LogP contribution is -2.32. The van der Waals surface area contributed by atoms with Crippen LogP contribution < -0.4 is 5.73 Å². The number of carboxylic acid groups (broad SMARTS) is 1. The summed E-state index contributed by atoms with van der Waals surface area (Å²) in [5.74, 6) is -1.09. The van der Waals surface area contributed by atoms with E-state index in [0.717, 1.165) is 18.4 Å². The first kappa shape index (κ1) is 20.1. The fraction of sp³-hybridized carbons (Fsp3) is 0.500. The van der Waals surface area contributed by atoms with Gasteiger partial charge in [0.25, 0.3) is 0 Å². The Morgan fingerprint density at radius 3 is 2.58 bits per heavy atom. The maximum absolute atomic E-state index is 12.2. The maximum atomic E-state index is 12.2. The van der Waals surface area contributed by atoms with Crippen LogP contribution in [0.1, 0.15) is 67.8 Å². The number of nitrogens with two attached hydrogens (primary N) is 1. The summed E-state index contributed by atoms with van der Waals surface area (Å²) in [7, 11) is 0. The van der Waals surface area contributed by atoms with Crippen molar-refractivity contribution < 1.29 is 14.7 Å². The number of carbonyl (C=O) groups is 2. The first-order valence-electron chi connectivity index (χ1n) is 8.82. The second-order valence-corrected chi connectivity index (χ2v) is 6.17. The van der Waals surface area contributed by atoms with Gasteiger partial charge in [0, 0.05) is 5.56 Å². The first-order valence-corrected chi connectivity index (χ1v) is 8.82. The minimum atomic E-state index is -1.04. The van der Waals surface area contributed by atoms with Crippen molar-refractivity contribution in [1.82, 2.24) is 0 Å². The van der Waals surface area contributed by atoms with Crippen molar-refractivity contribution in [3.05, 3.63) is 47.5 Å². The van der Waals surface area contributed by atoms with Crippen molar-refractivity contribution in [3.63, 3.8) is 0 Å². The van der Waals surface area contributed by atoms with E-state index in [-0.39, 0.29) is 12.2 Å². The van der Waals surface area contributed by atoms with E-state index < -0.39 is 12.0 Å². The molecule has 0 aliphatic heterocycles. The number of ketones is 1. The van der Waals surface area contributed by atoms with Gasteiger partial charge in [0.15, 0.2) is 5.78 Å². The van der Waals surface area contributed by atoms with Crippen LogP contribution in [0.4, 0.5) is 0 Å². The van der Waals surface area contributed by atoms with E-state index >= 15 is 0 Å². The van der Waals surface area contributed by atoms with Crippen molar-refractivity contribution in [2.24, 2.45) is 5.73 Å². The number of unbranched alkanes of at least 4 members (excludes halogenated alkanes) is 6. The van der Waals surface area contributed by atoms with Crippen LogP contribution in [0.3, 0.4) is 0 Å². The van der Waals surface area contributed by atoms with Crippen molar-refractivity contribution in [3.8, 4) is 0 Å². The average molecular weight is 331 g/mol. The van der Waals surface area contributed by atoms with Crippen LogP contribution in [0.5, 0.6) is 0 Å². The van der Waals surface area contributed by atoms with Crippen LogP contribution in [-0.4, -0.2) is 22.9 Å². The molecule has 1 atom stereocenters. The minimum Gasteiger partial charge on any atom is -0.480 e. The second-order valence-electron chi connectivity index (χ2n) is 6.17. The molecule has 0 spiro atoms. The molecule has 1 aromatic carbocycles. The predicted octanol–water partition coefficient (Wildman–Crippen LogP) is 4.13. The predicted molar refractivity (Wildman–Crippen MR) is 97.2 cm³/mol. The minimum absolute atomic E-state index is 0.0493. The SMILES string of the molecule is CCCCCCCCC=CC(=O)c1cccc(C[C@H](N)C(=O)O)c1. The Morgan fingerprint density at radius 2 is 1.88 bits per heavy atom. The van der Waals surface area contributed by atoms with E-state index in [4.69, 9.17) is 10.8 Å². The molecule has 0 unspecified atom stereocenters. The van der Waals surface area contributed by atoms with E-state index in [1.807, 2.05) is 6.08 Å². The highest BCUT2D eigenvalue weighted by Gasteiger charge is 2.12. The lowest BCUT2D eigenvalue weighted by atomic mass is 10.0. The molecule has 4 nitrogen and oxygen atoms in total. The molecular weight excluding hydrogens is 302 g/mol. The first-order chi connectivity index (χ1) is 11.5. The Labute approximate surface area is 144 Å². The van der Waals surface area contributed by atoms with E-state index in [1.165, 1.54) is 32.1 Å². The van der Waals surface area contributed by atoms with Crippen molar-refractivity contribution in [2.45, 2.75) is 64.3 Å². The van der Waals surface area contributed by atoms with Gasteiger partial charge in [-0.3, -0.25) is 9.59 Å². The number of aliphatic carboxylic acids is 1. The van der Waals surface area contributed by atoms with Gasteiger partial charge < -0.3 is 10.8 Å². The fourth-order valence-electron chi connectivity index (χ4n) is 2.52. The average Bonchev–Trinajstić information content (AvgIpc) is 2.57. The van der Waals surface area contributed by atoms with Gasteiger partial charge in [0.2, 0.25) is 0 Å². The third kappa shape index (κ3) is 8.06. The lowest BCUT2D eigenvalue weighted by molar-refractivity contribution is -0.138. The van der Waals surface area contributed by atoms with Crippen LogP contribution >= 0.6 is 0 Å². The zero-order valence-corrected chi connectivity index (χ0v) is 14.5. The number of hydrogen-bond donors (Lipinski definition) is 2. The summed E-state index contributed by atoms with van der Waals surface area (Å²) in [5.41, 5.74) is 6.87. The van der Waals surface area contributed by atoms with Gasteiger partial charge in [-0.1, -0.05) is 63.3 Å². The monoisotopic (exact) mass is 331 g/mol. The number of benzene rings is 1. The molecule has 0 saturated carbocycles. The smallest absolute Gasteiger partial charge is 0.320 e. The second kappa shape index (κ2) is 11.6. The Bertz CT molecular complexity index is 552. The summed E-state index contributed by atoms with van der Waals surface area (Å²) in [5, 5.41) is 8.85. The lowest BCUT2D eigenvalue weighted by Gasteiger charge is -2.07. The number of rotatable bonds is 12.